The molecule has 1 heterocycles. The average Bonchev–Trinajstić information content (AvgIpc) is 2.85. The smallest absolute Gasteiger partial charge is 0.255 e. The lowest BCUT2D eigenvalue weighted by atomic mass is 10.1. The van der Waals surface area contributed by atoms with Crippen LogP contribution in [-0.4, -0.2) is 30.5 Å². The Kier molecular flexibility index (Phi) is 8.71. The quantitative estimate of drug-likeness (QED) is 0.208. The topological polar surface area (TPSA) is 69.7 Å². The van der Waals surface area contributed by atoms with Gasteiger partial charge in [-0.15, -0.1) is 11.6 Å². The van der Waals surface area contributed by atoms with Crippen LogP contribution in [0.3, 0.4) is 0 Å². The summed E-state index contributed by atoms with van der Waals surface area (Å²) in [4.78, 5) is 16.8. The van der Waals surface area contributed by atoms with E-state index in [1.54, 1.807) is 55.8 Å². The van der Waals surface area contributed by atoms with E-state index in [1.165, 1.54) is 0 Å². The SMILES string of the molecule is C.COc1cc2c(Oc3ccc(NC(=O)c4ccccc4)cc3)ccnc2cc1OCCCCl. The highest BCUT2D eigenvalue weighted by atomic mass is 35.5. The predicted octanol–water partition coefficient (Wildman–Crippen LogP) is 6.93. The Morgan fingerprint density at radius 2 is 1.74 bits per heavy atom. The van der Waals surface area contributed by atoms with Crippen LogP contribution in [0.4, 0.5) is 5.69 Å². The summed E-state index contributed by atoms with van der Waals surface area (Å²) in [5.74, 6) is 2.82. The first-order chi connectivity index (χ1) is 16.2. The molecule has 0 fully saturated rings. The van der Waals surface area contributed by atoms with Crippen LogP contribution in [0.1, 0.15) is 24.2 Å². The summed E-state index contributed by atoms with van der Waals surface area (Å²) in [6.07, 6.45) is 2.42. The molecule has 4 rings (SSSR count). The van der Waals surface area contributed by atoms with Gasteiger partial charge in [0.1, 0.15) is 11.5 Å². The maximum absolute atomic E-state index is 12.3. The number of nitrogens with zero attached hydrogens (tertiary/aromatic N) is 1. The number of ether oxygens (including phenoxy) is 3. The van der Waals surface area contributed by atoms with Gasteiger partial charge in [0, 0.05) is 34.8 Å². The first-order valence-electron chi connectivity index (χ1n) is 10.5. The van der Waals surface area contributed by atoms with Crippen molar-refractivity contribution in [1.82, 2.24) is 4.98 Å². The summed E-state index contributed by atoms with van der Waals surface area (Å²) in [5.41, 5.74) is 2.00. The molecule has 1 amide bonds. The van der Waals surface area contributed by atoms with Crippen LogP contribution in [0.25, 0.3) is 10.9 Å². The molecule has 0 aliphatic carbocycles. The third-order valence-corrected chi connectivity index (χ3v) is 5.17. The molecule has 0 radical (unpaired) electrons. The molecule has 0 aliphatic rings. The molecule has 0 aliphatic heterocycles. The van der Waals surface area contributed by atoms with Gasteiger partial charge >= 0.3 is 0 Å². The zero-order valence-corrected chi connectivity index (χ0v) is 18.8. The van der Waals surface area contributed by atoms with Gasteiger partial charge in [-0.25, -0.2) is 0 Å². The number of benzene rings is 3. The highest BCUT2D eigenvalue weighted by molar-refractivity contribution is 6.17. The fourth-order valence-corrected chi connectivity index (χ4v) is 3.36. The molecule has 0 unspecified atom stereocenters. The first-order valence-corrected chi connectivity index (χ1v) is 11.0. The van der Waals surface area contributed by atoms with Crippen molar-refractivity contribution in [3.63, 3.8) is 0 Å². The zero-order chi connectivity index (χ0) is 23.0. The predicted molar refractivity (Wildman–Crippen MR) is 137 cm³/mol. The lowest BCUT2D eigenvalue weighted by Crippen LogP contribution is -2.11. The molecule has 3 aromatic carbocycles. The average molecular weight is 479 g/mol. The Hall–Kier alpha value is -3.77. The second-order valence-electron chi connectivity index (χ2n) is 7.17. The van der Waals surface area contributed by atoms with E-state index in [2.05, 4.69) is 10.3 Å². The Morgan fingerprint density at radius 1 is 0.971 bits per heavy atom. The maximum atomic E-state index is 12.3. The highest BCUT2D eigenvalue weighted by Gasteiger charge is 2.12. The van der Waals surface area contributed by atoms with E-state index in [0.29, 0.717) is 46.7 Å². The monoisotopic (exact) mass is 478 g/mol. The number of anilines is 1. The van der Waals surface area contributed by atoms with Crippen molar-refractivity contribution in [3.8, 4) is 23.0 Å². The zero-order valence-electron chi connectivity index (χ0n) is 18.1. The maximum Gasteiger partial charge on any atom is 0.255 e. The van der Waals surface area contributed by atoms with Crippen molar-refractivity contribution < 1.29 is 19.0 Å². The van der Waals surface area contributed by atoms with Gasteiger partial charge < -0.3 is 19.5 Å². The molecule has 0 saturated heterocycles. The molecule has 6 nitrogen and oxygen atoms in total. The number of alkyl halides is 1. The van der Waals surface area contributed by atoms with Crippen molar-refractivity contribution in [2.45, 2.75) is 13.8 Å². The Morgan fingerprint density at radius 3 is 2.44 bits per heavy atom. The number of nitrogens with one attached hydrogen (secondary N) is 1. The van der Waals surface area contributed by atoms with Crippen molar-refractivity contribution in [1.29, 1.82) is 0 Å². The standard InChI is InChI=1S/C26H23ClN2O4.CH4/c1-31-24-16-21-22(17-25(24)32-15-5-13-27)28-14-12-23(21)33-20-10-8-19(9-11-20)29-26(30)18-6-3-2-4-7-18;/h2-4,6-12,14,16-17H,5,13,15H2,1H3,(H,29,30);1H4. The number of pyridine rings is 1. The second kappa shape index (κ2) is 11.9. The third-order valence-electron chi connectivity index (χ3n) is 4.90. The van der Waals surface area contributed by atoms with Crippen molar-refractivity contribution in [2.24, 2.45) is 0 Å². The number of aromatic nitrogens is 1. The lowest BCUT2D eigenvalue weighted by Gasteiger charge is -2.14. The van der Waals surface area contributed by atoms with E-state index in [0.717, 1.165) is 17.3 Å². The van der Waals surface area contributed by atoms with Crippen LogP contribution in [-0.2, 0) is 0 Å². The molecular formula is C27H27ClN2O4. The Balaban J connectivity index is 0.00000324. The number of fused-ring (bicyclic) bond motifs is 1. The number of carbonyl (C=O) groups excluding carboxylic acids is 1. The number of amides is 1. The van der Waals surface area contributed by atoms with Crippen molar-refractivity contribution >= 4 is 34.1 Å². The van der Waals surface area contributed by atoms with Gasteiger partial charge in [0.15, 0.2) is 11.5 Å². The number of methoxy groups -OCH3 is 1. The molecule has 4 aromatic rings. The molecule has 0 saturated carbocycles. The van der Waals surface area contributed by atoms with E-state index < -0.39 is 0 Å². The van der Waals surface area contributed by atoms with E-state index in [-0.39, 0.29) is 13.3 Å². The minimum Gasteiger partial charge on any atom is -0.493 e. The Bertz CT molecular complexity index is 1230. The number of hydrogen-bond donors (Lipinski definition) is 1. The van der Waals surface area contributed by atoms with Gasteiger partial charge in [-0.3, -0.25) is 9.78 Å². The van der Waals surface area contributed by atoms with Gasteiger partial charge in [-0.05, 0) is 55.0 Å². The minimum atomic E-state index is -0.166. The minimum absolute atomic E-state index is 0. The van der Waals surface area contributed by atoms with Gasteiger partial charge in [-0.1, -0.05) is 25.6 Å². The van der Waals surface area contributed by atoms with Crippen LogP contribution in [0.5, 0.6) is 23.0 Å². The first kappa shape index (κ1) is 24.9. The van der Waals surface area contributed by atoms with Gasteiger partial charge in [0.2, 0.25) is 0 Å². The largest absolute Gasteiger partial charge is 0.493 e. The molecule has 34 heavy (non-hydrogen) atoms. The summed E-state index contributed by atoms with van der Waals surface area (Å²) < 4.78 is 17.4. The molecule has 0 spiro atoms. The number of halogens is 1. The normalized spacial score (nSPS) is 10.3. The molecule has 0 bridgehead atoms. The number of rotatable bonds is 9. The molecular weight excluding hydrogens is 452 g/mol. The van der Waals surface area contributed by atoms with Gasteiger partial charge in [0.05, 0.1) is 19.2 Å². The van der Waals surface area contributed by atoms with Gasteiger partial charge in [0.25, 0.3) is 5.91 Å². The summed E-state index contributed by atoms with van der Waals surface area (Å²) in [6, 6.07) is 21.7. The highest BCUT2D eigenvalue weighted by Crippen LogP contribution is 2.37. The molecule has 7 heteroatoms. The van der Waals surface area contributed by atoms with Crippen LogP contribution in [0, 0.1) is 0 Å². The fraction of sp³-hybridized carbons (Fsp3) is 0.185. The molecule has 1 N–H and O–H groups in total. The molecule has 1 aromatic heterocycles. The summed E-state index contributed by atoms with van der Waals surface area (Å²) in [6.45, 7) is 0.495. The van der Waals surface area contributed by atoms with Crippen molar-refractivity contribution in [2.75, 3.05) is 24.9 Å². The number of carbonyl (C=O) groups is 1. The van der Waals surface area contributed by atoms with Crippen LogP contribution in [0.2, 0.25) is 0 Å². The third kappa shape index (κ3) is 5.97. The van der Waals surface area contributed by atoms with E-state index in [1.807, 2.05) is 30.3 Å². The summed E-state index contributed by atoms with van der Waals surface area (Å²) in [5, 5.41) is 3.67. The van der Waals surface area contributed by atoms with Gasteiger partial charge in [-0.2, -0.15) is 0 Å². The fourth-order valence-electron chi connectivity index (χ4n) is 3.25. The second-order valence-corrected chi connectivity index (χ2v) is 7.54. The lowest BCUT2D eigenvalue weighted by molar-refractivity contribution is 0.102. The van der Waals surface area contributed by atoms with E-state index in [4.69, 9.17) is 25.8 Å². The molecule has 176 valence electrons. The van der Waals surface area contributed by atoms with Crippen LogP contribution < -0.4 is 19.5 Å². The molecule has 0 atom stereocenters. The van der Waals surface area contributed by atoms with Crippen LogP contribution >= 0.6 is 11.6 Å². The number of hydrogen-bond acceptors (Lipinski definition) is 5. The summed E-state index contributed by atoms with van der Waals surface area (Å²) in [7, 11) is 1.59. The van der Waals surface area contributed by atoms with E-state index in [9.17, 15) is 4.79 Å². The summed E-state index contributed by atoms with van der Waals surface area (Å²) >= 11 is 5.74. The Labute approximate surface area is 204 Å². The van der Waals surface area contributed by atoms with Crippen molar-refractivity contribution in [3.05, 3.63) is 84.6 Å². The van der Waals surface area contributed by atoms with Crippen LogP contribution in [0.15, 0.2) is 79.0 Å². The van der Waals surface area contributed by atoms with E-state index >= 15 is 0 Å².